The van der Waals surface area contributed by atoms with Crippen molar-refractivity contribution in [1.29, 1.82) is 0 Å². The van der Waals surface area contributed by atoms with Crippen LogP contribution in [-0.4, -0.2) is 26.1 Å². The number of aromatic nitrogens is 4. The van der Waals surface area contributed by atoms with E-state index in [0.29, 0.717) is 12.4 Å². The lowest BCUT2D eigenvalue weighted by molar-refractivity contribution is 0.0941. The molecular formula is C11H15N5OS. The van der Waals surface area contributed by atoms with Crippen LogP contribution in [0.4, 0.5) is 0 Å². The standard InChI is InChI=1S/C11H15N5OS/c1-11(2,3)10-14-8(15-16-10)9(17)13-5-7-4-12-6-18-7/h4,6H,5H2,1-3H3,(H,13,17)(H,14,15,16). The number of carbonyl (C=O) groups is 1. The number of hydrogen-bond acceptors (Lipinski definition) is 5. The summed E-state index contributed by atoms with van der Waals surface area (Å²) in [6.07, 6.45) is 1.73. The van der Waals surface area contributed by atoms with Crippen LogP contribution in [0.15, 0.2) is 11.7 Å². The SMILES string of the molecule is CC(C)(C)c1nc(C(=O)NCc2cncs2)n[nH]1. The molecule has 0 atom stereocenters. The second-order valence-electron chi connectivity index (χ2n) is 4.91. The summed E-state index contributed by atoms with van der Waals surface area (Å²) < 4.78 is 0. The van der Waals surface area contributed by atoms with Gasteiger partial charge in [0, 0.05) is 16.5 Å². The van der Waals surface area contributed by atoms with Gasteiger partial charge < -0.3 is 5.32 Å². The Morgan fingerprint density at radius 3 is 2.83 bits per heavy atom. The predicted molar refractivity (Wildman–Crippen MR) is 68.4 cm³/mol. The first-order valence-corrected chi connectivity index (χ1v) is 6.43. The molecule has 1 amide bonds. The molecule has 2 aromatic rings. The molecule has 0 unspecified atom stereocenters. The molecule has 0 aliphatic rings. The van der Waals surface area contributed by atoms with Gasteiger partial charge in [-0.05, 0) is 0 Å². The fourth-order valence-corrected chi connectivity index (χ4v) is 1.81. The van der Waals surface area contributed by atoms with Crippen molar-refractivity contribution in [2.75, 3.05) is 0 Å². The molecule has 2 N–H and O–H groups in total. The third-order valence-electron chi connectivity index (χ3n) is 2.31. The van der Waals surface area contributed by atoms with Crippen molar-refractivity contribution >= 4 is 17.2 Å². The predicted octanol–water partition coefficient (Wildman–Crippen LogP) is 1.49. The van der Waals surface area contributed by atoms with Crippen LogP contribution in [0.2, 0.25) is 0 Å². The summed E-state index contributed by atoms with van der Waals surface area (Å²) in [6.45, 7) is 6.47. The van der Waals surface area contributed by atoms with Crippen LogP contribution in [0.25, 0.3) is 0 Å². The molecule has 0 saturated heterocycles. The third kappa shape index (κ3) is 2.92. The molecule has 0 radical (unpaired) electrons. The lowest BCUT2D eigenvalue weighted by Crippen LogP contribution is -2.24. The number of aromatic amines is 1. The zero-order chi connectivity index (χ0) is 13.2. The molecular weight excluding hydrogens is 250 g/mol. The molecule has 0 aliphatic carbocycles. The van der Waals surface area contributed by atoms with E-state index in [0.717, 1.165) is 4.88 Å². The summed E-state index contributed by atoms with van der Waals surface area (Å²) in [5, 5.41) is 9.46. The van der Waals surface area contributed by atoms with Gasteiger partial charge in [-0.1, -0.05) is 20.8 Å². The van der Waals surface area contributed by atoms with Gasteiger partial charge in [-0.25, -0.2) is 4.98 Å². The molecule has 96 valence electrons. The number of thiazole rings is 1. The maximum Gasteiger partial charge on any atom is 0.291 e. The lowest BCUT2D eigenvalue weighted by Gasteiger charge is -2.12. The van der Waals surface area contributed by atoms with E-state index in [1.54, 1.807) is 11.7 Å². The third-order valence-corrected chi connectivity index (χ3v) is 3.09. The Kier molecular flexibility index (Phi) is 3.42. The monoisotopic (exact) mass is 265 g/mol. The van der Waals surface area contributed by atoms with E-state index >= 15 is 0 Å². The van der Waals surface area contributed by atoms with Gasteiger partial charge in [0.25, 0.3) is 5.91 Å². The van der Waals surface area contributed by atoms with Crippen molar-refractivity contribution in [2.24, 2.45) is 0 Å². The molecule has 0 fully saturated rings. The average Bonchev–Trinajstić information content (AvgIpc) is 2.96. The van der Waals surface area contributed by atoms with Crippen LogP contribution in [0, 0.1) is 0 Å². The van der Waals surface area contributed by atoms with Crippen molar-refractivity contribution in [3.63, 3.8) is 0 Å². The van der Waals surface area contributed by atoms with Gasteiger partial charge in [0.2, 0.25) is 5.82 Å². The van der Waals surface area contributed by atoms with Crippen molar-refractivity contribution in [3.05, 3.63) is 28.2 Å². The highest BCUT2D eigenvalue weighted by atomic mass is 32.1. The molecule has 0 aliphatic heterocycles. The second kappa shape index (κ2) is 4.85. The Balaban J connectivity index is 1.99. The minimum absolute atomic E-state index is 0.150. The van der Waals surface area contributed by atoms with Crippen LogP contribution in [0.5, 0.6) is 0 Å². The Hall–Kier alpha value is -1.76. The maximum absolute atomic E-state index is 11.8. The van der Waals surface area contributed by atoms with E-state index in [1.807, 2.05) is 20.8 Å². The van der Waals surface area contributed by atoms with Gasteiger partial charge in [-0.15, -0.1) is 16.4 Å². The summed E-state index contributed by atoms with van der Waals surface area (Å²) in [4.78, 5) is 20.9. The Morgan fingerprint density at radius 1 is 1.50 bits per heavy atom. The van der Waals surface area contributed by atoms with Crippen molar-refractivity contribution in [3.8, 4) is 0 Å². The fourth-order valence-electron chi connectivity index (χ4n) is 1.27. The van der Waals surface area contributed by atoms with Crippen molar-refractivity contribution in [2.45, 2.75) is 32.7 Å². The van der Waals surface area contributed by atoms with Gasteiger partial charge in [0.05, 0.1) is 12.1 Å². The molecule has 2 heterocycles. The highest BCUT2D eigenvalue weighted by Gasteiger charge is 2.21. The normalized spacial score (nSPS) is 11.5. The summed E-state index contributed by atoms with van der Waals surface area (Å²) in [5.74, 6) is 0.588. The number of nitrogens with zero attached hydrogens (tertiary/aromatic N) is 3. The zero-order valence-electron chi connectivity index (χ0n) is 10.5. The number of nitrogens with one attached hydrogen (secondary N) is 2. The summed E-state index contributed by atoms with van der Waals surface area (Å²) in [7, 11) is 0. The molecule has 6 nitrogen and oxygen atoms in total. The van der Waals surface area contributed by atoms with Crippen molar-refractivity contribution < 1.29 is 4.79 Å². The molecule has 0 saturated carbocycles. The van der Waals surface area contributed by atoms with E-state index in [1.165, 1.54) is 11.3 Å². The highest BCUT2D eigenvalue weighted by Crippen LogP contribution is 2.17. The molecule has 7 heteroatoms. The first-order valence-electron chi connectivity index (χ1n) is 5.55. The topological polar surface area (TPSA) is 83.6 Å². The first-order chi connectivity index (χ1) is 8.47. The Labute approximate surface area is 109 Å². The van der Waals surface area contributed by atoms with Gasteiger partial charge in [0.1, 0.15) is 5.82 Å². The largest absolute Gasteiger partial charge is 0.344 e. The number of rotatable bonds is 3. The minimum Gasteiger partial charge on any atom is -0.344 e. The van der Waals surface area contributed by atoms with Gasteiger partial charge >= 0.3 is 0 Å². The van der Waals surface area contributed by atoms with E-state index in [2.05, 4.69) is 25.5 Å². The van der Waals surface area contributed by atoms with Crippen LogP contribution < -0.4 is 5.32 Å². The molecule has 0 spiro atoms. The smallest absolute Gasteiger partial charge is 0.291 e. The van der Waals surface area contributed by atoms with Crippen molar-refractivity contribution in [1.82, 2.24) is 25.5 Å². The Bertz CT molecular complexity index is 526. The van der Waals surface area contributed by atoms with E-state index in [-0.39, 0.29) is 17.1 Å². The molecule has 0 aromatic carbocycles. The summed E-state index contributed by atoms with van der Waals surface area (Å²) in [6, 6.07) is 0. The van der Waals surface area contributed by atoms with E-state index in [9.17, 15) is 4.79 Å². The zero-order valence-corrected chi connectivity index (χ0v) is 11.3. The quantitative estimate of drug-likeness (QED) is 0.880. The first kappa shape index (κ1) is 12.7. The maximum atomic E-state index is 11.8. The number of carbonyl (C=O) groups excluding carboxylic acids is 1. The highest BCUT2D eigenvalue weighted by molar-refractivity contribution is 7.09. The molecule has 2 rings (SSSR count). The summed E-state index contributed by atoms with van der Waals surface area (Å²) in [5.41, 5.74) is 1.58. The number of amides is 1. The lowest BCUT2D eigenvalue weighted by atomic mass is 9.96. The van der Waals surface area contributed by atoms with Gasteiger partial charge in [-0.2, -0.15) is 0 Å². The fraction of sp³-hybridized carbons (Fsp3) is 0.455. The second-order valence-corrected chi connectivity index (χ2v) is 5.88. The minimum atomic E-state index is -0.282. The van der Waals surface area contributed by atoms with E-state index < -0.39 is 0 Å². The summed E-state index contributed by atoms with van der Waals surface area (Å²) >= 11 is 1.50. The van der Waals surface area contributed by atoms with Crippen LogP contribution in [-0.2, 0) is 12.0 Å². The van der Waals surface area contributed by atoms with Gasteiger partial charge in [0.15, 0.2) is 0 Å². The Morgan fingerprint density at radius 2 is 2.28 bits per heavy atom. The molecule has 2 aromatic heterocycles. The van der Waals surface area contributed by atoms with Gasteiger partial charge in [-0.3, -0.25) is 14.9 Å². The molecule has 0 bridgehead atoms. The number of H-pyrrole nitrogens is 1. The molecule has 18 heavy (non-hydrogen) atoms. The van der Waals surface area contributed by atoms with Crippen LogP contribution >= 0.6 is 11.3 Å². The van der Waals surface area contributed by atoms with Crippen LogP contribution in [0.1, 0.15) is 42.1 Å². The number of hydrogen-bond donors (Lipinski definition) is 2. The average molecular weight is 265 g/mol. The van der Waals surface area contributed by atoms with Crippen LogP contribution in [0.3, 0.4) is 0 Å². The van der Waals surface area contributed by atoms with E-state index in [4.69, 9.17) is 0 Å².